The third-order valence-corrected chi connectivity index (χ3v) is 6.70. The van der Waals surface area contributed by atoms with E-state index in [1.165, 1.54) is 15.4 Å². The van der Waals surface area contributed by atoms with Gasteiger partial charge in [0.15, 0.2) is 0 Å². The average molecular weight is 367 g/mol. The highest BCUT2D eigenvalue weighted by Gasteiger charge is 2.26. The normalized spacial score (nSPS) is 16.2. The molecule has 24 heavy (non-hydrogen) atoms. The third kappa shape index (κ3) is 3.77. The van der Waals surface area contributed by atoms with E-state index in [1.807, 2.05) is 6.07 Å². The predicted octanol–water partition coefficient (Wildman–Crippen LogP) is 2.19. The minimum absolute atomic E-state index is 0.236. The quantitative estimate of drug-likeness (QED) is 0.783. The second-order valence-corrected chi connectivity index (χ2v) is 8.43. The molecule has 3 rings (SSSR count). The summed E-state index contributed by atoms with van der Waals surface area (Å²) in [4.78, 5) is 8.00. The van der Waals surface area contributed by atoms with Crippen molar-refractivity contribution in [1.29, 1.82) is 0 Å². The first-order chi connectivity index (χ1) is 11.6. The zero-order chi connectivity index (χ0) is 17.0. The molecule has 1 aliphatic heterocycles. The molecule has 0 bridgehead atoms. The first-order valence-electron chi connectivity index (χ1n) is 7.92. The van der Waals surface area contributed by atoms with E-state index in [0.29, 0.717) is 26.3 Å². The molecule has 1 aliphatic rings. The van der Waals surface area contributed by atoms with Crippen LogP contribution in [-0.4, -0.2) is 50.6 Å². The fourth-order valence-corrected chi connectivity index (χ4v) is 4.67. The van der Waals surface area contributed by atoms with Crippen molar-refractivity contribution >= 4 is 27.2 Å². The van der Waals surface area contributed by atoms with Gasteiger partial charge in [-0.25, -0.2) is 13.4 Å². The van der Waals surface area contributed by atoms with Gasteiger partial charge in [0.1, 0.15) is 10.7 Å². The molecule has 0 spiro atoms. The molecule has 0 radical (unpaired) electrons. The zero-order valence-electron chi connectivity index (χ0n) is 13.6. The maximum atomic E-state index is 12.6. The van der Waals surface area contributed by atoms with Gasteiger partial charge in [-0.1, -0.05) is 6.07 Å². The fraction of sp³-hybridized carbons (Fsp3) is 0.438. The molecule has 0 unspecified atom stereocenters. The van der Waals surface area contributed by atoms with Gasteiger partial charge in [0, 0.05) is 30.7 Å². The molecular weight excluding hydrogens is 346 g/mol. The Morgan fingerprint density at radius 1 is 1.29 bits per heavy atom. The Morgan fingerprint density at radius 2 is 2.08 bits per heavy atom. The van der Waals surface area contributed by atoms with E-state index in [1.54, 1.807) is 23.5 Å². The van der Waals surface area contributed by atoms with Crippen molar-refractivity contribution < 1.29 is 13.2 Å². The molecule has 8 heteroatoms. The van der Waals surface area contributed by atoms with E-state index in [9.17, 15) is 8.42 Å². The van der Waals surface area contributed by atoms with Crippen LogP contribution in [0, 0.1) is 0 Å². The minimum Gasteiger partial charge on any atom is -0.379 e. The number of nitrogens with zero attached hydrogens (tertiary/aromatic N) is 3. The number of aromatic nitrogens is 1. The highest BCUT2D eigenvalue weighted by Crippen LogP contribution is 2.21. The van der Waals surface area contributed by atoms with Gasteiger partial charge in [-0.3, -0.25) is 0 Å². The van der Waals surface area contributed by atoms with Crippen LogP contribution in [0.2, 0.25) is 0 Å². The van der Waals surface area contributed by atoms with Crippen LogP contribution in [0.25, 0.3) is 0 Å². The van der Waals surface area contributed by atoms with Crippen LogP contribution in [0.1, 0.15) is 11.8 Å². The van der Waals surface area contributed by atoms with Crippen LogP contribution in [-0.2, 0) is 21.3 Å². The molecule has 1 fully saturated rings. The Bertz CT molecular complexity index is 739. The molecule has 2 aromatic rings. The van der Waals surface area contributed by atoms with Crippen LogP contribution in [0.15, 0.2) is 40.7 Å². The number of sulfonamides is 1. The van der Waals surface area contributed by atoms with Gasteiger partial charge in [-0.15, -0.1) is 11.3 Å². The molecule has 1 saturated heterocycles. The third-order valence-electron chi connectivity index (χ3n) is 3.96. The monoisotopic (exact) mass is 367 g/mol. The number of hydrogen-bond acceptors (Lipinski definition) is 6. The summed E-state index contributed by atoms with van der Waals surface area (Å²) in [5.41, 5.74) is 0. The van der Waals surface area contributed by atoms with Crippen molar-refractivity contribution in [1.82, 2.24) is 9.29 Å². The summed E-state index contributed by atoms with van der Waals surface area (Å²) >= 11 is 1.70. The standard InChI is InChI=1S/C16H21N3O3S2/c1-2-18(13-14-4-3-11-23-14)16-6-5-15(12-17-16)24(20,21)19-7-9-22-10-8-19/h3-6,11-12H,2,7-10,13H2,1H3. The summed E-state index contributed by atoms with van der Waals surface area (Å²) in [7, 11) is -3.49. The Kier molecular flexibility index (Phi) is 5.50. The van der Waals surface area contributed by atoms with Crippen molar-refractivity contribution in [3.8, 4) is 0 Å². The van der Waals surface area contributed by atoms with Crippen molar-refractivity contribution in [3.63, 3.8) is 0 Å². The lowest BCUT2D eigenvalue weighted by molar-refractivity contribution is 0.0730. The van der Waals surface area contributed by atoms with E-state index in [4.69, 9.17) is 4.74 Å². The topological polar surface area (TPSA) is 62.7 Å². The van der Waals surface area contributed by atoms with Crippen LogP contribution < -0.4 is 4.90 Å². The Hall–Kier alpha value is -1.48. The van der Waals surface area contributed by atoms with Gasteiger partial charge in [-0.05, 0) is 30.5 Å². The molecule has 0 amide bonds. The van der Waals surface area contributed by atoms with Gasteiger partial charge in [0.05, 0.1) is 19.8 Å². The molecule has 0 atom stereocenters. The van der Waals surface area contributed by atoms with Gasteiger partial charge >= 0.3 is 0 Å². The Morgan fingerprint density at radius 3 is 2.67 bits per heavy atom. The maximum absolute atomic E-state index is 12.6. The molecule has 3 heterocycles. The lowest BCUT2D eigenvalue weighted by atomic mass is 10.3. The van der Waals surface area contributed by atoms with Crippen LogP contribution in [0.3, 0.4) is 0 Å². The van der Waals surface area contributed by atoms with Crippen LogP contribution >= 0.6 is 11.3 Å². The summed E-state index contributed by atoms with van der Waals surface area (Å²) in [6.07, 6.45) is 1.46. The summed E-state index contributed by atoms with van der Waals surface area (Å²) < 4.78 is 31.9. The van der Waals surface area contributed by atoms with Crippen molar-refractivity contribution in [3.05, 3.63) is 40.7 Å². The number of hydrogen-bond donors (Lipinski definition) is 0. The Balaban J connectivity index is 1.76. The summed E-state index contributed by atoms with van der Waals surface area (Å²) in [6, 6.07) is 7.54. The molecule has 0 aromatic carbocycles. The number of anilines is 1. The first-order valence-corrected chi connectivity index (χ1v) is 10.2. The molecule has 0 saturated carbocycles. The fourth-order valence-electron chi connectivity index (χ4n) is 2.59. The second kappa shape index (κ2) is 7.60. The molecular formula is C16H21N3O3S2. The van der Waals surface area contributed by atoms with Crippen LogP contribution in [0.4, 0.5) is 5.82 Å². The van der Waals surface area contributed by atoms with E-state index in [2.05, 4.69) is 28.3 Å². The lowest BCUT2D eigenvalue weighted by Crippen LogP contribution is -2.40. The Labute approximate surface area is 146 Å². The smallest absolute Gasteiger partial charge is 0.244 e. The number of thiophene rings is 1. The molecule has 0 aliphatic carbocycles. The van der Waals surface area contributed by atoms with Gasteiger partial charge in [-0.2, -0.15) is 4.31 Å². The highest BCUT2D eigenvalue weighted by atomic mass is 32.2. The largest absolute Gasteiger partial charge is 0.379 e. The van der Waals surface area contributed by atoms with Crippen molar-refractivity contribution in [2.45, 2.75) is 18.4 Å². The maximum Gasteiger partial charge on any atom is 0.244 e. The molecule has 0 N–H and O–H groups in total. The molecule has 2 aromatic heterocycles. The van der Waals surface area contributed by atoms with Crippen molar-refractivity contribution in [2.75, 3.05) is 37.7 Å². The zero-order valence-corrected chi connectivity index (χ0v) is 15.2. The average Bonchev–Trinajstić information content (AvgIpc) is 3.14. The van der Waals surface area contributed by atoms with E-state index in [-0.39, 0.29) is 4.90 Å². The summed E-state index contributed by atoms with van der Waals surface area (Å²) in [5.74, 6) is 0.784. The lowest BCUT2D eigenvalue weighted by Gasteiger charge is -2.26. The number of pyridine rings is 1. The van der Waals surface area contributed by atoms with Crippen LogP contribution in [0.5, 0.6) is 0 Å². The minimum atomic E-state index is -3.49. The molecule has 6 nitrogen and oxygen atoms in total. The summed E-state index contributed by atoms with van der Waals surface area (Å²) in [6.45, 7) is 5.31. The van der Waals surface area contributed by atoms with E-state index >= 15 is 0 Å². The van der Waals surface area contributed by atoms with Crippen molar-refractivity contribution in [2.24, 2.45) is 0 Å². The number of morpholine rings is 1. The number of ether oxygens (including phenoxy) is 1. The van der Waals surface area contributed by atoms with E-state index < -0.39 is 10.0 Å². The molecule has 130 valence electrons. The van der Waals surface area contributed by atoms with Gasteiger partial charge < -0.3 is 9.64 Å². The van der Waals surface area contributed by atoms with E-state index in [0.717, 1.165) is 18.9 Å². The second-order valence-electron chi connectivity index (χ2n) is 5.46. The van der Waals surface area contributed by atoms with Gasteiger partial charge in [0.25, 0.3) is 0 Å². The van der Waals surface area contributed by atoms with Gasteiger partial charge in [0.2, 0.25) is 10.0 Å². The number of rotatable bonds is 6. The highest BCUT2D eigenvalue weighted by molar-refractivity contribution is 7.89. The summed E-state index contributed by atoms with van der Waals surface area (Å²) in [5, 5.41) is 2.05. The SMILES string of the molecule is CCN(Cc1cccs1)c1ccc(S(=O)(=O)N2CCOCC2)cn1. The predicted molar refractivity (Wildman–Crippen MR) is 94.9 cm³/mol. The first kappa shape index (κ1) is 17.3.